The summed E-state index contributed by atoms with van der Waals surface area (Å²) in [6.45, 7) is 0.391. The largest absolute Gasteiger partial charge is 0.326 e. The highest BCUT2D eigenvalue weighted by Crippen LogP contribution is 2.29. The zero-order chi connectivity index (χ0) is 15.0. The summed E-state index contributed by atoms with van der Waals surface area (Å²) >= 11 is 3.11. The van der Waals surface area contributed by atoms with Gasteiger partial charge in [0.25, 0.3) is 5.91 Å². The SMILES string of the molecule is NC1Cc2ccccc2N(C(=O)c2cccc(Br)c2F)C1. The third-order valence-corrected chi connectivity index (χ3v) is 4.22. The molecule has 0 spiro atoms. The van der Waals surface area contributed by atoms with Crippen molar-refractivity contribution in [2.24, 2.45) is 5.73 Å². The maximum Gasteiger partial charge on any atom is 0.261 e. The van der Waals surface area contributed by atoms with Gasteiger partial charge in [0.15, 0.2) is 0 Å². The maximum absolute atomic E-state index is 14.2. The van der Waals surface area contributed by atoms with E-state index in [2.05, 4.69) is 15.9 Å². The van der Waals surface area contributed by atoms with Crippen LogP contribution in [0.25, 0.3) is 0 Å². The lowest BCUT2D eigenvalue weighted by Crippen LogP contribution is -2.46. The molecule has 2 aromatic rings. The average Bonchev–Trinajstić information content (AvgIpc) is 2.48. The number of fused-ring (bicyclic) bond motifs is 1. The standard InChI is InChI=1S/C16H14BrFN2O/c17-13-6-3-5-12(15(13)18)16(21)20-9-11(19)8-10-4-1-2-7-14(10)20/h1-7,11H,8-9,19H2. The molecule has 1 aliphatic heterocycles. The molecule has 0 aliphatic carbocycles. The van der Waals surface area contributed by atoms with Crippen molar-refractivity contribution in [3.05, 3.63) is 63.9 Å². The Labute approximate surface area is 130 Å². The number of halogens is 2. The van der Waals surface area contributed by atoms with Gasteiger partial charge in [0.1, 0.15) is 5.82 Å². The van der Waals surface area contributed by atoms with Gasteiger partial charge in [0.05, 0.1) is 10.0 Å². The fourth-order valence-corrected chi connectivity index (χ4v) is 3.00. The quantitative estimate of drug-likeness (QED) is 0.860. The van der Waals surface area contributed by atoms with Crippen molar-refractivity contribution in [3.63, 3.8) is 0 Å². The van der Waals surface area contributed by atoms with E-state index < -0.39 is 5.82 Å². The molecule has 21 heavy (non-hydrogen) atoms. The molecule has 0 aromatic heterocycles. The third-order valence-electron chi connectivity index (χ3n) is 3.61. The second-order valence-electron chi connectivity index (χ2n) is 5.11. The number of rotatable bonds is 1. The summed E-state index contributed by atoms with van der Waals surface area (Å²) in [6, 6.07) is 12.2. The molecule has 5 heteroatoms. The molecular formula is C16H14BrFN2O. The van der Waals surface area contributed by atoms with Crippen LogP contribution in [0.4, 0.5) is 10.1 Å². The number of para-hydroxylation sites is 1. The zero-order valence-corrected chi connectivity index (χ0v) is 12.8. The summed E-state index contributed by atoms with van der Waals surface area (Å²) in [7, 11) is 0. The number of hydrogen-bond donors (Lipinski definition) is 1. The van der Waals surface area contributed by atoms with Crippen LogP contribution in [0.3, 0.4) is 0 Å². The third kappa shape index (κ3) is 2.59. The second-order valence-corrected chi connectivity index (χ2v) is 5.96. The lowest BCUT2D eigenvalue weighted by molar-refractivity contribution is 0.0979. The number of amides is 1. The Morgan fingerprint density at radius 3 is 2.81 bits per heavy atom. The van der Waals surface area contributed by atoms with E-state index in [9.17, 15) is 9.18 Å². The molecule has 0 saturated carbocycles. The second kappa shape index (κ2) is 5.58. The molecule has 2 aromatic carbocycles. The first-order valence-corrected chi connectivity index (χ1v) is 7.46. The molecule has 3 nitrogen and oxygen atoms in total. The maximum atomic E-state index is 14.2. The molecule has 0 radical (unpaired) electrons. The molecule has 3 rings (SSSR count). The van der Waals surface area contributed by atoms with E-state index in [0.717, 1.165) is 17.7 Å². The van der Waals surface area contributed by atoms with Crippen molar-refractivity contribution in [1.29, 1.82) is 0 Å². The normalized spacial score (nSPS) is 17.5. The van der Waals surface area contributed by atoms with Gasteiger partial charge in [-0.05, 0) is 46.1 Å². The highest BCUT2D eigenvalue weighted by atomic mass is 79.9. The van der Waals surface area contributed by atoms with Gasteiger partial charge in [0.2, 0.25) is 0 Å². The minimum absolute atomic E-state index is 0.0493. The van der Waals surface area contributed by atoms with Gasteiger partial charge in [-0.3, -0.25) is 4.79 Å². The topological polar surface area (TPSA) is 46.3 Å². The molecule has 1 unspecified atom stereocenters. The van der Waals surface area contributed by atoms with Gasteiger partial charge < -0.3 is 10.6 Å². The average molecular weight is 349 g/mol. The molecule has 1 aliphatic rings. The molecule has 2 N–H and O–H groups in total. The van der Waals surface area contributed by atoms with E-state index in [-0.39, 0.29) is 22.0 Å². The molecule has 0 bridgehead atoms. The van der Waals surface area contributed by atoms with Gasteiger partial charge in [0, 0.05) is 18.3 Å². The van der Waals surface area contributed by atoms with E-state index in [1.807, 2.05) is 24.3 Å². The van der Waals surface area contributed by atoms with Crippen LogP contribution < -0.4 is 10.6 Å². The fourth-order valence-electron chi connectivity index (χ4n) is 2.63. The van der Waals surface area contributed by atoms with Gasteiger partial charge >= 0.3 is 0 Å². The highest BCUT2D eigenvalue weighted by molar-refractivity contribution is 9.10. The first-order chi connectivity index (χ1) is 10.1. The summed E-state index contributed by atoms with van der Waals surface area (Å²) in [5, 5.41) is 0. The lowest BCUT2D eigenvalue weighted by Gasteiger charge is -2.33. The molecule has 1 amide bonds. The number of hydrogen-bond acceptors (Lipinski definition) is 2. The van der Waals surface area contributed by atoms with Crippen LogP contribution in [0, 0.1) is 5.82 Å². The fraction of sp³-hybridized carbons (Fsp3) is 0.188. The highest BCUT2D eigenvalue weighted by Gasteiger charge is 2.28. The molecule has 0 fully saturated rings. The van der Waals surface area contributed by atoms with E-state index in [4.69, 9.17) is 5.73 Å². The summed E-state index contributed by atoms with van der Waals surface area (Å²) in [5.74, 6) is -0.907. The Morgan fingerprint density at radius 2 is 2.00 bits per heavy atom. The molecule has 108 valence electrons. The molecule has 0 saturated heterocycles. The van der Waals surface area contributed by atoms with Gasteiger partial charge in [-0.25, -0.2) is 4.39 Å². The number of carbonyl (C=O) groups is 1. The number of benzene rings is 2. The van der Waals surface area contributed by atoms with Crippen LogP contribution in [0.1, 0.15) is 15.9 Å². The first kappa shape index (κ1) is 14.2. The predicted molar refractivity (Wildman–Crippen MR) is 83.9 cm³/mol. The van der Waals surface area contributed by atoms with Crippen LogP contribution in [-0.2, 0) is 6.42 Å². The number of anilines is 1. The minimum Gasteiger partial charge on any atom is -0.326 e. The van der Waals surface area contributed by atoms with Crippen molar-refractivity contribution in [2.45, 2.75) is 12.5 Å². The molecule has 1 atom stereocenters. The summed E-state index contributed by atoms with van der Waals surface area (Å²) in [5.41, 5.74) is 7.90. The summed E-state index contributed by atoms with van der Waals surface area (Å²) in [4.78, 5) is 14.3. The van der Waals surface area contributed by atoms with Crippen LogP contribution >= 0.6 is 15.9 Å². The zero-order valence-electron chi connectivity index (χ0n) is 11.2. The first-order valence-electron chi connectivity index (χ1n) is 6.67. The Kier molecular flexibility index (Phi) is 3.78. The Morgan fingerprint density at radius 1 is 1.24 bits per heavy atom. The van der Waals surface area contributed by atoms with E-state index >= 15 is 0 Å². The van der Waals surface area contributed by atoms with E-state index in [0.29, 0.717) is 6.54 Å². The molecular weight excluding hydrogens is 335 g/mol. The number of nitrogens with zero attached hydrogens (tertiary/aromatic N) is 1. The number of carbonyl (C=O) groups excluding carboxylic acids is 1. The summed E-state index contributed by atoms with van der Waals surface area (Å²) < 4.78 is 14.4. The van der Waals surface area contributed by atoms with E-state index in [1.165, 1.54) is 6.07 Å². The summed E-state index contributed by atoms with van der Waals surface area (Å²) in [6.07, 6.45) is 0.723. The van der Waals surface area contributed by atoms with Crippen molar-refractivity contribution in [2.75, 3.05) is 11.4 Å². The van der Waals surface area contributed by atoms with Crippen LogP contribution in [0.5, 0.6) is 0 Å². The van der Waals surface area contributed by atoms with E-state index in [1.54, 1.807) is 17.0 Å². The smallest absolute Gasteiger partial charge is 0.261 e. The van der Waals surface area contributed by atoms with Crippen molar-refractivity contribution >= 4 is 27.5 Å². The van der Waals surface area contributed by atoms with Crippen molar-refractivity contribution < 1.29 is 9.18 Å². The Hall–Kier alpha value is -1.72. The Balaban J connectivity index is 2.04. The number of nitrogens with two attached hydrogens (primary N) is 1. The van der Waals surface area contributed by atoms with Gasteiger partial charge in [-0.15, -0.1) is 0 Å². The predicted octanol–water partition coefficient (Wildman–Crippen LogP) is 3.12. The van der Waals surface area contributed by atoms with Crippen molar-refractivity contribution in [1.82, 2.24) is 0 Å². The minimum atomic E-state index is -0.542. The van der Waals surface area contributed by atoms with Gasteiger partial charge in [-0.1, -0.05) is 24.3 Å². The Bertz CT molecular complexity index is 704. The van der Waals surface area contributed by atoms with Crippen LogP contribution in [0.2, 0.25) is 0 Å². The lowest BCUT2D eigenvalue weighted by atomic mass is 9.97. The molecule has 1 heterocycles. The monoisotopic (exact) mass is 348 g/mol. The van der Waals surface area contributed by atoms with Gasteiger partial charge in [-0.2, -0.15) is 0 Å². The van der Waals surface area contributed by atoms with Crippen molar-refractivity contribution in [3.8, 4) is 0 Å². The van der Waals surface area contributed by atoms with Crippen LogP contribution in [0.15, 0.2) is 46.9 Å². The van der Waals surface area contributed by atoms with Crippen LogP contribution in [-0.4, -0.2) is 18.5 Å².